The summed E-state index contributed by atoms with van der Waals surface area (Å²) in [5.74, 6) is 0.688. The van der Waals surface area contributed by atoms with Crippen LogP contribution in [-0.2, 0) is 17.6 Å². The fourth-order valence-electron chi connectivity index (χ4n) is 2.34. The zero-order chi connectivity index (χ0) is 14.8. The van der Waals surface area contributed by atoms with E-state index in [2.05, 4.69) is 5.32 Å². The van der Waals surface area contributed by atoms with Crippen LogP contribution in [0.25, 0.3) is 0 Å². The van der Waals surface area contributed by atoms with Crippen LogP contribution in [0, 0.1) is 0 Å². The van der Waals surface area contributed by atoms with Gasteiger partial charge in [-0.1, -0.05) is 23.7 Å². The average Bonchev–Trinajstić information content (AvgIpc) is 2.90. The number of hydrogen-bond donors (Lipinski definition) is 2. The Morgan fingerprint density at radius 2 is 2.14 bits per heavy atom. The quantitative estimate of drug-likeness (QED) is 0.856. The van der Waals surface area contributed by atoms with Crippen LogP contribution in [0.15, 0.2) is 36.4 Å². The first kappa shape index (κ1) is 13.8. The molecule has 0 aliphatic carbocycles. The number of carbonyl (C=O) groups excluding carboxylic acids is 1. The second-order valence-corrected chi connectivity index (χ2v) is 5.36. The summed E-state index contributed by atoms with van der Waals surface area (Å²) in [6, 6.07) is 10.3. The first-order valence-electron chi connectivity index (χ1n) is 6.65. The Bertz CT molecular complexity index is 700. The van der Waals surface area contributed by atoms with Crippen LogP contribution in [0.3, 0.4) is 0 Å². The van der Waals surface area contributed by atoms with Crippen molar-refractivity contribution in [2.24, 2.45) is 0 Å². The topological polar surface area (TPSA) is 58.6 Å². The van der Waals surface area contributed by atoms with Gasteiger partial charge in [0.15, 0.2) is 0 Å². The number of halogens is 1. The smallest absolute Gasteiger partial charge is 0.228 e. The van der Waals surface area contributed by atoms with E-state index in [9.17, 15) is 9.90 Å². The highest BCUT2D eigenvalue weighted by atomic mass is 35.5. The molecular formula is C16H14ClNO3. The highest BCUT2D eigenvalue weighted by Crippen LogP contribution is 2.28. The molecule has 21 heavy (non-hydrogen) atoms. The zero-order valence-corrected chi connectivity index (χ0v) is 12.0. The van der Waals surface area contributed by atoms with E-state index in [0.29, 0.717) is 17.3 Å². The van der Waals surface area contributed by atoms with Gasteiger partial charge < -0.3 is 15.2 Å². The lowest BCUT2D eigenvalue weighted by Crippen LogP contribution is -2.14. The molecule has 0 spiro atoms. The van der Waals surface area contributed by atoms with Crippen LogP contribution < -0.4 is 10.1 Å². The summed E-state index contributed by atoms with van der Waals surface area (Å²) in [4.78, 5) is 12.0. The van der Waals surface area contributed by atoms with Crippen LogP contribution in [0.2, 0.25) is 5.02 Å². The summed E-state index contributed by atoms with van der Waals surface area (Å²) in [6.45, 7) is 0.696. The van der Waals surface area contributed by atoms with Crippen molar-refractivity contribution in [2.75, 3.05) is 11.9 Å². The van der Waals surface area contributed by atoms with E-state index < -0.39 is 0 Å². The average molecular weight is 304 g/mol. The van der Waals surface area contributed by atoms with Crippen molar-refractivity contribution in [3.8, 4) is 11.5 Å². The lowest BCUT2D eigenvalue weighted by molar-refractivity contribution is -0.115. The number of phenolic OH excluding ortho intramolecular Hbond substituents is 1. The number of ether oxygens (including phenoxy) is 1. The predicted octanol–water partition coefficient (Wildman–Crippen LogP) is 3.16. The molecule has 0 unspecified atom stereocenters. The molecule has 0 saturated heterocycles. The van der Waals surface area contributed by atoms with Crippen LogP contribution in [-0.4, -0.2) is 17.6 Å². The summed E-state index contributed by atoms with van der Waals surface area (Å²) < 4.78 is 5.43. The fraction of sp³-hybridized carbons (Fsp3) is 0.188. The number of phenols is 1. The number of anilines is 1. The van der Waals surface area contributed by atoms with E-state index in [0.717, 1.165) is 23.3 Å². The second-order valence-electron chi connectivity index (χ2n) is 4.93. The number of fused-ring (bicyclic) bond motifs is 1. The third-order valence-electron chi connectivity index (χ3n) is 3.35. The zero-order valence-electron chi connectivity index (χ0n) is 11.2. The highest BCUT2D eigenvalue weighted by molar-refractivity contribution is 6.31. The molecule has 5 heteroatoms. The molecule has 2 aromatic rings. The molecule has 0 atom stereocenters. The molecule has 4 nitrogen and oxygen atoms in total. The number of nitrogens with one attached hydrogen (secondary N) is 1. The van der Waals surface area contributed by atoms with Crippen molar-refractivity contribution in [2.45, 2.75) is 12.8 Å². The van der Waals surface area contributed by atoms with E-state index >= 15 is 0 Å². The standard InChI is InChI=1S/C16H14ClNO3/c17-12-2-3-14(19)13(9-12)18-16(20)8-10-1-4-15-11(7-10)5-6-21-15/h1-4,7,9,19H,5-6,8H2,(H,18,20). The molecule has 0 fully saturated rings. The maximum Gasteiger partial charge on any atom is 0.228 e. The number of amides is 1. The predicted molar refractivity (Wildman–Crippen MR) is 81.1 cm³/mol. The molecule has 3 rings (SSSR count). The minimum absolute atomic E-state index is 0.00453. The SMILES string of the molecule is O=C(Cc1ccc2c(c1)CCO2)Nc1cc(Cl)ccc1O. The van der Waals surface area contributed by atoms with E-state index in [1.165, 1.54) is 12.1 Å². The summed E-state index contributed by atoms with van der Waals surface area (Å²) in [5, 5.41) is 12.8. The van der Waals surface area contributed by atoms with Gasteiger partial charge in [0, 0.05) is 11.4 Å². The largest absolute Gasteiger partial charge is 0.506 e. The van der Waals surface area contributed by atoms with Crippen LogP contribution >= 0.6 is 11.6 Å². The Labute approximate surface area is 127 Å². The Balaban J connectivity index is 1.70. The highest BCUT2D eigenvalue weighted by Gasteiger charge is 2.14. The van der Waals surface area contributed by atoms with E-state index in [4.69, 9.17) is 16.3 Å². The van der Waals surface area contributed by atoms with Crippen molar-refractivity contribution < 1.29 is 14.6 Å². The van der Waals surface area contributed by atoms with Crippen LogP contribution in [0.5, 0.6) is 11.5 Å². The van der Waals surface area contributed by atoms with Gasteiger partial charge in [-0.25, -0.2) is 0 Å². The van der Waals surface area contributed by atoms with Gasteiger partial charge in [-0.05, 0) is 35.4 Å². The number of rotatable bonds is 3. The van der Waals surface area contributed by atoms with Crippen molar-refractivity contribution >= 4 is 23.2 Å². The van der Waals surface area contributed by atoms with Crippen molar-refractivity contribution in [1.29, 1.82) is 0 Å². The summed E-state index contributed by atoms with van der Waals surface area (Å²) in [7, 11) is 0. The van der Waals surface area contributed by atoms with Crippen molar-refractivity contribution in [3.05, 3.63) is 52.5 Å². The molecule has 0 aromatic heterocycles. The lowest BCUT2D eigenvalue weighted by Gasteiger charge is -2.08. The third-order valence-corrected chi connectivity index (χ3v) is 3.59. The molecule has 0 bridgehead atoms. The molecule has 1 aliphatic rings. The molecule has 2 aromatic carbocycles. The Kier molecular flexibility index (Phi) is 3.71. The molecule has 108 valence electrons. The van der Waals surface area contributed by atoms with Gasteiger partial charge in [0.2, 0.25) is 5.91 Å². The normalized spacial score (nSPS) is 12.6. The van der Waals surface area contributed by atoms with Gasteiger partial charge in [-0.15, -0.1) is 0 Å². The van der Waals surface area contributed by atoms with E-state index in [1.807, 2.05) is 18.2 Å². The van der Waals surface area contributed by atoms with Gasteiger partial charge >= 0.3 is 0 Å². The maximum atomic E-state index is 12.0. The number of carbonyl (C=O) groups is 1. The Hall–Kier alpha value is -2.20. The second kappa shape index (κ2) is 5.66. The summed E-state index contributed by atoms with van der Waals surface area (Å²) >= 11 is 5.85. The molecular weight excluding hydrogens is 290 g/mol. The Morgan fingerprint density at radius 1 is 1.29 bits per heavy atom. The van der Waals surface area contributed by atoms with Crippen molar-refractivity contribution in [3.63, 3.8) is 0 Å². The monoisotopic (exact) mass is 303 g/mol. The van der Waals surface area contributed by atoms with Gasteiger partial charge in [0.25, 0.3) is 0 Å². The number of benzene rings is 2. The fourth-order valence-corrected chi connectivity index (χ4v) is 2.51. The van der Waals surface area contributed by atoms with E-state index in [1.54, 1.807) is 6.07 Å². The third kappa shape index (κ3) is 3.11. The molecule has 0 radical (unpaired) electrons. The molecule has 0 saturated carbocycles. The van der Waals surface area contributed by atoms with Crippen LogP contribution in [0.4, 0.5) is 5.69 Å². The molecule has 1 heterocycles. The number of aromatic hydroxyl groups is 1. The molecule has 1 aliphatic heterocycles. The summed E-state index contributed by atoms with van der Waals surface area (Å²) in [5.41, 5.74) is 2.36. The van der Waals surface area contributed by atoms with Gasteiger partial charge in [-0.2, -0.15) is 0 Å². The lowest BCUT2D eigenvalue weighted by atomic mass is 10.1. The van der Waals surface area contributed by atoms with Gasteiger partial charge in [-0.3, -0.25) is 4.79 Å². The maximum absolute atomic E-state index is 12.0. The number of hydrogen-bond acceptors (Lipinski definition) is 3. The van der Waals surface area contributed by atoms with Gasteiger partial charge in [0.1, 0.15) is 11.5 Å². The molecule has 2 N–H and O–H groups in total. The van der Waals surface area contributed by atoms with Crippen molar-refractivity contribution in [1.82, 2.24) is 0 Å². The minimum atomic E-state index is -0.202. The van der Waals surface area contributed by atoms with Gasteiger partial charge in [0.05, 0.1) is 18.7 Å². The first-order valence-corrected chi connectivity index (χ1v) is 7.02. The molecule has 1 amide bonds. The van der Waals surface area contributed by atoms with E-state index in [-0.39, 0.29) is 18.1 Å². The Morgan fingerprint density at radius 3 is 3.00 bits per heavy atom. The first-order chi connectivity index (χ1) is 10.1. The summed E-state index contributed by atoms with van der Waals surface area (Å²) in [6.07, 6.45) is 1.11. The minimum Gasteiger partial charge on any atom is -0.506 e. The van der Waals surface area contributed by atoms with Crippen LogP contribution in [0.1, 0.15) is 11.1 Å².